The van der Waals surface area contributed by atoms with Crippen LogP contribution in [0.5, 0.6) is 11.5 Å². The van der Waals surface area contributed by atoms with E-state index in [2.05, 4.69) is 34.1 Å². The van der Waals surface area contributed by atoms with Crippen molar-refractivity contribution in [2.24, 2.45) is 0 Å². The minimum absolute atomic E-state index is 0.302. The van der Waals surface area contributed by atoms with E-state index in [-0.39, 0.29) is 0 Å². The number of rotatable bonds is 4. The Hall–Kier alpha value is -2.95. The zero-order valence-corrected chi connectivity index (χ0v) is 17.6. The van der Waals surface area contributed by atoms with E-state index >= 15 is 0 Å². The molecule has 2 aromatic carbocycles. The summed E-state index contributed by atoms with van der Waals surface area (Å²) in [7, 11) is 0. The highest BCUT2D eigenvalue weighted by Crippen LogP contribution is 2.36. The summed E-state index contributed by atoms with van der Waals surface area (Å²) in [6.07, 6.45) is 1.98. The van der Waals surface area contributed by atoms with Crippen molar-refractivity contribution in [2.45, 2.75) is 11.6 Å². The molecule has 0 radical (unpaired) electrons. The number of anilines is 1. The van der Waals surface area contributed by atoms with Gasteiger partial charge in [0.1, 0.15) is 16.7 Å². The van der Waals surface area contributed by atoms with E-state index in [1.807, 2.05) is 30.5 Å². The molecular weight excluding hydrogens is 396 g/mol. The largest absolute Gasteiger partial charge is 0.454 e. The average molecular weight is 419 g/mol. The molecule has 0 unspecified atom stereocenters. The predicted molar refractivity (Wildman–Crippen MR) is 118 cm³/mol. The summed E-state index contributed by atoms with van der Waals surface area (Å²) >= 11 is 1.53. The van der Waals surface area contributed by atoms with E-state index in [0.29, 0.717) is 12.4 Å². The Kier molecular flexibility index (Phi) is 5.11. The third kappa shape index (κ3) is 3.42. The van der Waals surface area contributed by atoms with Gasteiger partial charge in [-0.3, -0.25) is 4.90 Å². The first-order valence-electron chi connectivity index (χ1n) is 9.99. The van der Waals surface area contributed by atoms with Crippen LogP contribution in [0.25, 0.3) is 10.9 Å². The lowest BCUT2D eigenvalue weighted by atomic mass is 10.1. The molecule has 0 amide bonds. The maximum Gasteiger partial charge on any atom is 0.231 e. The Morgan fingerprint density at radius 1 is 1.07 bits per heavy atom. The maximum absolute atomic E-state index is 9.88. The molecule has 0 saturated carbocycles. The molecule has 30 heavy (non-hydrogen) atoms. The second-order valence-electron chi connectivity index (χ2n) is 7.42. The molecule has 0 atom stereocenters. The first-order valence-corrected chi connectivity index (χ1v) is 11.2. The molecule has 0 N–H and O–H groups in total. The van der Waals surface area contributed by atoms with Crippen LogP contribution in [0.15, 0.2) is 47.5 Å². The van der Waals surface area contributed by atoms with Gasteiger partial charge >= 0.3 is 0 Å². The lowest BCUT2D eigenvalue weighted by Gasteiger charge is -2.37. The Bertz CT molecular complexity index is 1140. The number of thioether (sulfide) groups is 1. The summed E-state index contributed by atoms with van der Waals surface area (Å²) < 4.78 is 10.9. The molecule has 3 aromatic rings. The Morgan fingerprint density at radius 3 is 2.67 bits per heavy atom. The number of benzene rings is 2. The summed E-state index contributed by atoms with van der Waals surface area (Å²) in [5.74, 6) is 1.65. The van der Waals surface area contributed by atoms with Crippen molar-refractivity contribution in [1.82, 2.24) is 9.88 Å². The molecule has 2 aliphatic rings. The fourth-order valence-electron chi connectivity index (χ4n) is 4.18. The van der Waals surface area contributed by atoms with Crippen molar-refractivity contribution in [1.29, 1.82) is 5.26 Å². The molecule has 0 bridgehead atoms. The third-order valence-electron chi connectivity index (χ3n) is 5.67. The van der Waals surface area contributed by atoms with Gasteiger partial charge in [-0.1, -0.05) is 24.3 Å². The van der Waals surface area contributed by atoms with Crippen molar-refractivity contribution in [3.63, 3.8) is 0 Å². The van der Waals surface area contributed by atoms with Gasteiger partial charge in [0.2, 0.25) is 6.79 Å². The second-order valence-corrected chi connectivity index (χ2v) is 8.22. The summed E-state index contributed by atoms with van der Waals surface area (Å²) in [6.45, 7) is 4.80. The van der Waals surface area contributed by atoms with Gasteiger partial charge in [-0.05, 0) is 30.0 Å². The number of aromatic nitrogens is 1. The highest BCUT2D eigenvalue weighted by molar-refractivity contribution is 7.98. The normalized spacial score (nSPS) is 16.1. The molecule has 5 rings (SSSR count). The van der Waals surface area contributed by atoms with Gasteiger partial charge < -0.3 is 14.4 Å². The van der Waals surface area contributed by atoms with Crippen LogP contribution in [0.3, 0.4) is 0 Å². The number of nitriles is 1. The molecule has 6 nitrogen and oxygen atoms in total. The van der Waals surface area contributed by atoms with Crippen molar-refractivity contribution >= 4 is 28.4 Å². The molecule has 0 aliphatic carbocycles. The number of piperazine rings is 1. The molecule has 1 aromatic heterocycles. The van der Waals surface area contributed by atoms with Crippen molar-refractivity contribution in [2.75, 3.05) is 44.1 Å². The smallest absolute Gasteiger partial charge is 0.231 e. The summed E-state index contributed by atoms with van der Waals surface area (Å²) in [5, 5.41) is 11.7. The molecule has 7 heteroatoms. The second kappa shape index (κ2) is 8.05. The molecule has 1 saturated heterocycles. The average Bonchev–Trinajstić information content (AvgIpc) is 3.26. The van der Waals surface area contributed by atoms with E-state index in [4.69, 9.17) is 14.5 Å². The SMILES string of the molecule is CSc1nc2ccccc2c(N2CCN(Cc3ccc4c(c3)OCO4)CC2)c1C#N. The number of hydrogen-bond donors (Lipinski definition) is 0. The van der Waals surface area contributed by atoms with Gasteiger partial charge in [0, 0.05) is 38.1 Å². The van der Waals surface area contributed by atoms with Crippen LogP contribution >= 0.6 is 11.8 Å². The van der Waals surface area contributed by atoms with Crippen LogP contribution < -0.4 is 14.4 Å². The van der Waals surface area contributed by atoms with Crippen LogP contribution in [0.4, 0.5) is 5.69 Å². The molecular formula is C23H22N4O2S. The molecule has 2 aliphatic heterocycles. The topological polar surface area (TPSA) is 61.6 Å². The first-order chi connectivity index (χ1) is 14.8. The highest BCUT2D eigenvalue weighted by Gasteiger charge is 2.24. The zero-order chi connectivity index (χ0) is 20.5. The minimum Gasteiger partial charge on any atom is -0.454 e. The summed E-state index contributed by atoms with van der Waals surface area (Å²) in [5.41, 5.74) is 3.88. The lowest BCUT2D eigenvalue weighted by Crippen LogP contribution is -2.46. The lowest BCUT2D eigenvalue weighted by molar-refractivity contribution is 0.174. The third-order valence-corrected chi connectivity index (χ3v) is 6.35. The van der Waals surface area contributed by atoms with Gasteiger partial charge in [0.15, 0.2) is 11.5 Å². The number of ether oxygens (including phenoxy) is 2. The van der Waals surface area contributed by atoms with Gasteiger partial charge in [-0.15, -0.1) is 11.8 Å². The minimum atomic E-state index is 0.302. The van der Waals surface area contributed by atoms with Crippen LogP contribution in [0.2, 0.25) is 0 Å². The molecule has 0 spiro atoms. The molecule has 1 fully saturated rings. The van der Waals surface area contributed by atoms with Gasteiger partial charge in [-0.2, -0.15) is 5.26 Å². The summed E-state index contributed by atoms with van der Waals surface area (Å²) in [6, 6.07) is 16.7. The Morgan fingerprint density at radius 2 is 1.87 bits per heavy atom. The summed E-state index contributed by atoms with van der Waals surface area (Å²) in [4.78, 5) is 9.49. The van der Waals surface area contributed by atoms with Crippen LogP contribution in [-0.2, 0) is 6.54 Å². The van der Waals surface area contributed by atoms with Crippen LogP contribution in [0.1, 0.15) is 11.1 Å². The maximum atomic E-state index is 9.88. The number of nitrogens with zero attached hydrogens (tertiary/aromatic N) is 4. The fourth-order valence-corrected chi connectivity index (χ4v) is 4.71. The van der Waals surface area contributed by atoms with Gasteiger partial charge in [0.05, 0.1) is 11.2 Å². The number of para-hydroxylation sites is 1. The molecule has 152 valence electrons. The Balaban J connectivity index is 1.37. The Labute approximate surface area is 180 Å². The fraction of sp³-hybridized carbons (Fsp3) is 0.304. The van der Waals surface area contributed by atoms with E-state index in [9.17, 15) is 5.26 Å². The number of pyridine rings is 1. The van der Waals surface area contributed by atoms with E-state index in [0.717, 1.165) is 65.8 Å². The first kappa shape index (κ1) is 19.0. The monoisotopic (exact) mass is 418 g/mol. The van der Waals surface area contributed by atoms with Crippen LogP contribution in [0, 0.1) is 11.3 Å². The standard InChI is InChI=1S/C23H22N4O2S/c1-30-23-18(13-24)22(17-4-2-3-5-19(17)25-23)27-10-8-26(9-11-27)14-16-6-7-20-21(12-16)29-15-28-20/h2-7,12H,8-11,14-15H2,1H3. The van der Waals surface area contributed by atoms with Crippen molar-refractivity contribution < 1.29 is 9.47 Å². The van der Waals surface area contributed by atoms with E-state index < -0.39 is 0 Å². The van der Waals surface area contributed by atoms with Crippen molar-refractivity contribution in [3.05, 3.63) is 53.6 Å². The quantitative estimate of drug-likeness (QED) is 0.596. The highest BCUT2D eigenvalue weighted by atomic mass is 32.2. The number of fused-ring (bicyclic) bond motifs is 2. The van der Waals surface area contributed by atoms with E-state index in [1.165, 1.54) is 17.3 Å². The van der Waals surface area contributed by atoms with E-state index in [1.54, 1.807) is 0 Å². The van der Waals surface area contributed by atoms with Crippen molar-refractivity contribution in [3.8, 4) is 17.6 Å². The zero-order valence-electron chi connectivity index (χ0n) is 16.8. The van der Waals surface area contributed by atoms with Gasteiger partial charge in [0.25, 0.3) is 0 Å². The van der Waals surface area contributed by atoms with Gasteiger partial charge in [-0.25, -0.2) is 4.98 Å². The predicted octanol–water partition coefficient (Wildman–Crippen LogP) is 3.88. The molecule has 3 heterocycles. The van der Waals surface area contributed by atoms with Crippen LogP contribution in [-0.4, -0.2) is 49.1 Å². The number of hydrogen-bond acceptors (Lipinski definition) is 7.